The monoisotopic (exact) mass is 295 g/mol. The molecule has 3 rings (SSSR count). The Kier molecular flexibility index (Phi) is 4.39. The summed E-state index contributed by atoms with van der Waals surface area (Å²) in [7, 11) is 0. The second-order valence-electron chi connectivity index (χ2n) is 5.54. The van der Waals surface area contributed by atoms with Gasteiger partial charge in [-0.05, 0) is 17.7 Å². The third-order valence-corrected chi connectivity index (χ3v) is 4.14. The van der Waals surface area contributed by atoms with Crippen LogP contribution in [0.3, 0.4) is 0 Å². The summed E-state index contributed by atoms with van der Waals surface area (Å²) in [6.07, 6.45) is 0. The summed E-state index contributed by atoms with van der Waals surface area (Å²) in [5.74, 6) is 0.0129. The van der Waals surface area contributed by atoms with E-state index >= 15 is 0 Å². The van der Waals surface area contributed by atoms with Crippen molar-refractivity contribution >= 4 is 11.6 Å². The molecule has 1 amide bonds. The Hall–Kier alpha value is -2.33. The van der Waals surface area contributed by atoms with Gasteiger partial charge in [-0.1, -0.05) is 48.5 Å². The minimum Gasteiger partial charge on any atom is -0.368 e. The number of anilines is 1. The van der Waals surface area contributed by atoms with Crippen LogP contribution in [0.5, 0.6) is 0 Å². The van der Waals surface area contributed by atoms with Gasteiger partial charge in [-0.15, -0.1) is 0 Å². The van der Waals surface area contributed by atoms with E-state index in [4.69, 9.17) is 5.73 Å². The number of carbonyl (C=O) groups excluding carboxylic acids is 1. The van der Waals surface area contributed by atoms with Crippen LogP contribution in [-0.2, 0) is 4.79 Å². The van der Waals surface area contributed by atoms with Crippen LogP contribution in [-0.4, -0.2) is 37.0 Å². The molecule has 114 valence electrons. The van der Waals surface area contributed by atoms with Crippen LogP contribution in [0.2, 0.25) is 0 Å². The molecule has 1 fully saturated rings. The van der Waals surface area contributed by atoms with E-state index in [2.05, 4.69) is 17.0 Å². The van der Waals surface area contributed by atoms with E-state index in [1.165, 1.54) is 5.69 Å². The molecule has 0 saturated carbocycles. The Labute approximate surface area is 131 Å². The van der Waals surface area contributed by atoms with Crippen LogP contribution in [0.1, 0.15) is 11.6 Å². The summed E-state index contributed by atoms with van der Waals surface area (Å²) in [4.78, 5) is 16.7. The summed E-state index contributed by atoms with van der Waals surface area (Å²) in [5, 5.41) is 0. The SMILES string of the molecule is N[C@H](C(=O)N1CCN(c2ccccc2)CC1)c1ccccc1. The lowest BCUT2D eigenvalue weighted by Crippen LogP contribution is -2.51. The summed E-state index contributed by atoms with van der Waals surface area (Å²) in [6, 6.07) is 19.3. The molecule has 2 aromatic carbocycles. The molecule has 4 heteroatoms. The zero-order valence-corrected chi connectivity index (χ0v) is 12.6. The Balaban J connectivity index is 1.60. The number of nitrogens with two attached hydrogens (primary N) is 1. The minimum absolute atomic E-state index is 0.0129. The Morgan fingerprint density at radius 3 is 2.00 bits per heavy atom. The average molecular weight is 295 g/mol. The molecule has 22 heavy (non-hydrogen) atoms. The number of amides is 1. The number of para-hydroxylation sites is 1. The molecule has 2 N–H and O–H groups in total. The van der Waals surface area contributed by atoms with Crippen molar-refractivity contribution in [3.8, 4) is 0 Å². The van der Waals surface area contributed by atoms with Crippen molar-refractivity contribution in [3.05, 3.63) is 66.2 Å². The van der Waals surface area contributed by atoms with Crippen LogP contribution >= 0.6 is 0 Å². The minimum atomic E-state index is -0.565. The molecule has 0 radical (unpaired) electrons. The Morgan fingerprint density at radius 1 is 0.864 bits per heavy atom. The first-order valence-corrected chi connectivity index (χ1v) is 7.65. The smallest absolute Gasteiger partial charge is 0.244 e. The molecule has 1 saturated heterocycles. The molecule has 0 bridgehead atoms. The van der Waals surface area contributed by atoms with Crippen LogP contribution in [0.25, 0.3) is 0 Å². The van der Waals surface area contributed by atoms with Crippen molar-refractivity contribution in [2.24, 2.45) is 5.73 Å². The first-order chi connectivity index (χ1) is 10.8. The lowest BCUT2D eigenvalue weighted by molar-refractivity contribution is -0.133. The zero-order valence-electron chi connectivity index (χ0n) is 12.6. The summed E-state index contributed by atoms with van der Waals surface area (Å²) >= 11 is 0. The quantitative estimate of drug-likeness (QED) is 0.942. The van der Waals surface area contributed by atoms with E-state index in [0.717, 1.165) is 18.7 Å². The maximum Gasteiger partial charge on any atom is 0.244 e. The number of carbonyl (C=O) groups is 1. The van der Waals surface area contributed by atoms with Gasteiger partial charge in [0.15, 0.2) is 0 Å². The van der Waals surface area contributed by atoms with Crippen molar-refractivity contribution in [2.45, 2.75) is 6.04 Å². The van der Waals surface area contributed by atoms with Crippen LogP contribution in [0.4, 0.5) is 5.69 Å². The van der Waals surface area contributed by atoms with Crippen LogP contribution in [0.15, 0.2) is 60.7 Å². The van der Waals surface area contributed by atoms with E-state index < -0.39 is 6.04 Å². The standard InChI is InChI=1S/C18H21N3O/c19-17(15-7-3-1-4-8-15)18(22)21-13-11-20(12-14-21)16-9-5-2-6-10-16/h1-10,17H,11-14,19H2/t17-/m0/s1. The summed E-state index contributed by atoms with van der Waals surface area (Å²) in [6.45, 7) is 3.12. The van der Waals surface area contributed by atoms with Crippen LogP contribution < -0.4 is 10.6 Å². The number of rotatable bonds is 3. The van der Waals surface area contributed by atoms with Gasteiger partial charge in [0.1, 0.15) is 6.04 Å². The normalized spacial score (nSPS) is 16.4. The van der Waals surface area contributed by atoms with Gasteiger partial charge in [-0.2, -0.15) is 0 Å². The second-order valence-corrected chi connectivity index (χ2v) is 5.54. The molecule has 4 nitrogen and oxygen atoms in total. The predicted molar refractivity (Wildman–Crippen MR) is 88.6 cm³/mol. The molecule has 0 unspecified atom stereocenters. The first kappa shape index (κ1) is 14.6. The maximum atomic E-state index is 12.5. The number of nitrogens with zero attached hydrogens (tertiary/aromatic N) is 2. The zero-order chi connectivity index (χ0) is 15.4. The highest BCUT2D eigenvalue weighted by Gasteiger charge is 2.26. The average Bonchev–Trinajstić information content (AvgIpc) is 2.62. The lowest BCUT2D eigenvalue weighted by atomic mass is 10.1. The highest BCUT2D eigenvalue weighted by molar-refractivity contribution is 5.83. The number of hydrogen-bond acceptors (Lipinski definition) is 3. The molecular formula is C18H21N3O. The largest absolute Gasteiger partial charge is 0.368 e. The van der Waals surface area contributed by atoms with Gasteiger partial charge in [0.05, 0.1) is 0 Å². The fraction of sp³-hybridized carbons (Fsp3) is 0.278. The molecule has 2 aromatic rings. The van der Waals surface area contributed by atoms with Crippen molar-refractivity contribution in [1.29, 1.82) is 0 Å². The van der Waals surface area contributed by atoms with E-state index in [9.17, 15) is 4.79 Å². The molecule has 1 heterocycles. The van der Waals surface area contributed by atoms with Crippen molar-refractivity contribution < 1.29 is 4.79 Å². The van der Waals surface area contributed by atoms with Gasteiger partial charge in [0, 0.05) is 31.9 Å². The Bertz CT molecular complexity index is 607. The van der Waals surface area contributed by atoms with Crippen molar-refractivity contribution in [2.75, 3.05) is 31.1 Å². The van der Waals surface area contributed by atoms with Gasteiger partial charge in [-0.25, -0.2) is 0 Å². The van der Waals surface area contributed by atoms with Crippen LogP contribution in [0, 0.1) is 0 Å². The molecule has 0 aliphatic carbocycles. The highest BCUT2D eigenvalue weighted by Crippen LogP contribution is 2.18. The summed E-state index contributed by atoms with van der Waals surface area (Å²) in [5.41, 5.74) is 8.19. The number of piperazine rings is 1. The van der Waals surface area contributed by atoms with Gasteiger partial charge in [0.25, 0.3) is 0 Å². The molecule has 0 aromatic heterocycles. The van der Waals surface area contributed by atoms with Gasteiger partial charge >= 0.3 is 0 Å². The van der Waals surface area contributed by atoms with E-state index in [-0.39, 0.29) is 5.91 Å². The molecule has 1 aliphatic rings. The topological polar surface area (TPSA) is 49.6 Å². The van der Waals surface area contributed by atoms with Crippen molar-refractivity contribution in [1.82, 2.24) is 4.90 Å². The van der Waals surface area contributed by atoms with Gasteiger partial charge in [-0.3, -0.25) is 4.79 Å². The highest BCUT2D eigenvalue weighted by atomic mass is 16.2. The lowest BCUT2D eigenvalue weighted by Gasteiger charge is -2.37. The third kappa shape index (κ3) is 3.12. The van der Waals surface area contributed by atoms with Gasteiger partial charge < -0.3 is 15.5 Å². The Morgan fingerprint density at radius 2 is 1.41 bits per heavy atom. The second kappa shape index (κ2) is 6.62. The van der Waals surface area contributed by atoms with E-state index in [0.29, 0.717) is 13.1 Å². The molecule has 1 atom stereocenters. The molecule has 1 aliphatic heterocycles. The van der Waals surface area contributed by atoms with E-state index in [1.54, 1.807) is 0 Å². The first-order valence-electron chi connectivity index (χ1n) is 7.65. The number of benzene rings is 2. The number of hydrogen-bond donors (Lipinski definition) is 1. The fourth-order valence-electron chi connectivity index (χ4n) is 2.82. The molecule has 0 spiro atoms. The predicted octanol–water partition coefficient (Wildman–Crippen LogP) is 2.04. The summed E-state index contributed by atoms with van der Waals surface area (Å²) < 4.78 is 0. The van der Waals surface area contributed by atoms with E-state index in [1.807, 2.05) is 53.4 Å². The third-order valence-electron chi connectivity index (χ3n) is 4.14. The maximum absolute atomic E-state index is 12.5. The fourth-order valence-corrected chi connectivity index (χ4v) is 2.82. The molecular weight excluding hydrogens is 274 g/mol. The van der Waals surface area contributed by atoms with Crippen molar-refractivity contribution in [3.63, 3.8) is 0 Å². The van der Waals surface area contributed by atoms with Gasteiger partial charge in [0.2, 0.25) is 5.91 Å².